The number of rotatable bonds is 2. The molecule has 0 saturated carbocycles. The van der Waals surface area contributed by atoms with Crippen LogP contribution in [-0.4, -0.2) is 16.1 Å². The predicted molar refractivity (Wildman–Crippen MR) is 64.8 cm³/mol. The Hall–Kier alpha value is -1.58. The second-order valence-electron chi connectivity index (χ2n) is 4.87. The van der Waals surface area contributed by atoms with E-state index in [4.69, 9.17) is 5.11 Å². The van der Waals surface area contributed by atoms with Crippen molar-refractivity contribution in [2.45, 2.75) is 45.4 Å². The van der Waals surface area contributed by atoms with Gasteiger partial charge in [0, 0.05) is 5.69 Å². The molecule has 0 amide bonds. The minimum absolute atomic E-state index is 0.0518. The zero-order valence-electron chi connectivity index (χ0n) is 10.2. The third-order valence-electron chi connectivity index (χ3n) is 3.36. The summed E-state index contributed by atoms with van der Waals surface area (Å²) in [5.41, 5.74) is 2.22. The SMILES string of the molecule is CC(C)c1[nH]c(=O)c(C(=O)O)c2c1CCCC2. The van der Waals surface area contributed by atoms with Gasteiger partial charge in [0.05, 0.1) is 0 Å². The summed E-state index contributed by atoms with van der Waals surface area (Å²) in [6.07, 6.45) is 3.62. The van der Waals surface area contributed by atoms with E-state index in [1.54, 1.807) is 0 Å². The van der Waals surface area contributed by atoms with E-state index in [0.29, 0.717) is 6.42 Å². The molecule has 0 spiro atoms. The molecule has 4 heteroatoms. The third-order valence-corrected chi connectivity index (χ3v) is 3.36. The van der Waals surface area contributed by atoms with Crippen LogP contribution < -0.4 is 5.56 Å². The molecule has 0 aliphatic heterocycles. The van der Waals surface area contributed by atoms with Crippen LogP contribution in [0.3, 0.4) is 0 Å². The van der Waals surface area contributed by atoms with E-state index in [1.807, 2.05) is 13.8 Å². The summed E-state index contributed by atoms with van der Waals surface area (Å²) in [5, 5.41) is 9.13. The van der Waals surface area contributed by atoms with E-state index < -0.39 is 11.5 Å². The van der Waals surface area contributed by atoms with Crippen molar-refractivity contribution in [3.8, 4) is 0 Å². The van der Waals surface area contributed by atoms with E-state index in [2.05, 4.69) is 4.98 Å². The number of hydrogen-bond donors (Lipinski definition) is 2. The lowest BCUT2D eigenvalue weighted by Crippen LogP contribution is -2.26. The van der Waals surface area contributed by atoms with Gasteiger partial charge >= 0.3 is 5.97 Å². The van der Waals surface area contributed by atoms with Crippen molar-refractivity contribution in [3.63, 3.8) is 0 Å². The molecule has 1 aliphatic rings. The second-order valence-corrected chi connectivity index (χ2v) is 4.87. The molecule has 4 nitrogen and oxygen atoms in total. The molecule has 0 radical (unpaired) electrons. The first-order chi connectivity index (χ1) is 8.02. The Labute approximate surface area is 99.7 Å². The average molecular weight is 235 g/mol. The van der Waals surface area contributed by atoms with Crippen LogP contribution in [0.2, 0.25) is 0 Å². The predicted octanol–water partition coefficient (Wildman–Crippen LogP) is 2.08. The van der Waals surface area contributed by atoms with Crippen LogP contribution in [0.5, 0.6) is 0 Å². The van der Waals surface area contributed by atoms with Gasteiger partial charge in [-0.15, -0.1) is 0 Å². The number of hydrogen-bond acceptors (Lipinski definition) is 2. The fourth-order valence-corrected chi connectivity index (χ4v) is 2.59. The number of H-pyrrole nitrogens is 1. The second kappa shape index (κ2) is 4.35. The number of nitrogens with one attached hydrogen (secondary N) is 1. The van der Waals surface area contributed by atoms with Gasteiger partial charge in [0.2, 0.25) is 0 Å². The Bertz CT molecular complexity index is 514. The van der Waals surface area contributed by atoms with Crippen molar-refractivity contribution in [3.05, 3.63) is 32.7 Å². The summed E-state index contributed by atoms with van der Waals surface area (Å²) in [6.45, 7) is 4.03. The van der Waals surface area contributed by atoms with Crippen LogP contribution in [0.4, 0.5) is 0 Å². The molecule has 2 rings (SSSR count). The quantitative estimate of drug-likeness (QED) is 0.824. The van der Waals surface area contributed by atoms with Crippen LogP contribution in [0, 0.1) is 0 Å². The van der Waals surface area contributed by atoms with Gasteiger partial charge in [0.15, 0.2) is 0 Å². The molecule has 1 heterocycles. The standard InChI is InChI=1S/C13H17NO3/c1-7(2)11-9-6-4-3-5-8(9)10(13(16)17)12(15)14-11/h7H,3-6H2,1-2H3,(H,14,15)(H,16,17). The highest BCUT2D eigenvalue weighted by Crippen LogP contribution is 2.28. The first kappa shape index (κ1) is 11.9. The lowest BCUT2D eigenvalue weighted by atomic mass is 9.85. The highest BCUT2D eigenvalue weighted by molar-refractivity contribution is 5.89. The molecule has 0 fully saturated rings. The average Bonchev–Trinajstić information content (AvgIpc) is 2.27. The zero-order valence-corrected chi connectivity index (χ0v) is 10.2. The third kappa shape index (κ3) is 1.99. The maximum atomic E-state index is 11.8. The summed E-state index contributed by atoms with van der Waals surface area (Å²) in [5.74, 6) is -0.892. The molecule has 0 unspecified atom stereocenters. The first-order valence-corrected chi connectivity index (χ1v) is 6.03. The molecule has 1 aromatic heterocycles. The van der Waals surface area contributed by atoms with Crippen LogP contribution in [-0.2, 0) is 12.8 Å². The van der Waals surface area contributed by atoms with Gasteiger partial charge < -0.3 is 10.1 Å². The minimum atomic E-state index is -1.11. The van der Waals surface area contributed by atoms with Gasteiger partial charge in [-0.3, -0.25) is 4.79 Å². The van der Waals surface area contributed by atoms with E-state index >= 15 is 0 Å². The molecule has 92 valence electrons. The molecule has 0 saturated heterocycles. The van der Waals surface area contributed by atoms with Gasteiger partial charge in [-0.2, -0.15) is 0 Å². The number of fused-ring (bicyclic) bond motifs is 1. The topological polar surface area (TPSA) is 70.2 Å². The van der Waals surface area contributed by atoms with Crippen molar-refractivity contribution in [2.24, 2.45) is 0 Å². The van der Waals surface area contributed by atoms with Gasteiger partial charge in [0.25, 0.3) is 5.56 Å². The minimum Gasteiger partial charge on any atom is -0.477 e. The van der Waals surface area contributed by atoms with Crippen molar-refractivity contribution < 1.29 is 9.90 Å². The van der Waals surface area contributed by atoms with Crippen molar-refractivity contribution >= 4 is 5.97 Å². The summed E-state index contributed by atoms with van der Waals surface area (Å²) in [7, 11) is 0. The normalized spacial score (nSPS) is 14.8. The van der Waals surface area contributed by atoms with E-state index in [0.717, 1.165) is 36.1 Å². The van der Waals surface area contributed by atoms with Crippen molar-refractivity contribution in [1.29, 1.82) is 0 Å². The highest BCUT2D eigenvalue weighted by atomic mass is 16.4. The highest BCUT2D eigenvalue weighted by Gasteiger charge is 2.24. The molecule has 0 bridgehead atoms. The van der Waals surface area contributed by atoms with E-state index in [9.17, 15) is 9.59 Å². The molecule has 1 aromatic rings. The fourth-order valence-electron chi connectivity index (χ4n) is 2.59. The Morgan fingerprint density at radius 3 is 2.35 bits per heavy atom. The van der Waals surface area contributed by atoms with Crippen LogP contribution in [0.1, 0.15) is 59.8 Å². The molecule has 17 heavy (non-hydrogen) atoms. The van der Waals surface area contributed by atoms with E-state index in [1.165, 1.54) is 0 Å². The van der Waals surface area contributed by atoms with Crippen LogP contribution in [0.25, 0.3) is 0 Å². The number of carbonyl (C=O) groups is 1. The zero-order chi connectivity index (χ0) is 12.6. The molecule has 2 N–H and O–H groups in total. The number of pyridine rings is 1. The number of aromatic carboxylic acids is 1. The van der Waals surface area contributed by atoms with E-state index in [-0.39, 0.29) is 11.5 Å². The number of aromatic amines is 1. The Morgan fingerprint density at radius 1 is 1.24 bits per heavy atom. The molecule has 0 aromatic carbocycles. The summed E-state index contributed by atoms with van der Waals surface area (Å²) in [6, 6.07) is 0. The summed E-state index contributed by atoms with van der Waals surface area (Å²) >= 11 is 0. The first-order valence-electron chi connectivity index (χ1n) is 6.03. The molecule has 0 atom stereocenters. The number of carboxylic acid groups (broad SMARTS) is 1. The monoisotopic (exact) mass is 235 g/mol. The van der Waals surface area contributed by atoms with Crippen LogP contribution >= 0.6 is 0 Å². The van der Waals surface area contributed by atoms with Crippen molar-refractivity contribution in [1.82, 2.24) is 4.98 Å². The van der Waals surface area contributed by atoms with Gasteiger partial charge in [0.1, 0.15) is 5.56 Å². The molecular weight excluding hydrogens is 218 g/mol. The number of carboxylic acids is 1. The van der Waals surface area contributed by atoms with Crippen molar-refractivity contribution in [2.75, 3.05) is 0 Å². The lowest BCUT2D eigenvalue weighted by Gasteiger charge is -2.22. The maximum absolute atomic E-state index is 11.8. The van der Waals surface area contributed by atoms with Gasteiger partial charge in [-0.25, -0.2) is 4.79 Å². The lowest BCUT2D eigenvalue weighted by molar-refractivity contribution is 0.0693. The van der Waals surface area contributed by atoms with Gasteiger partial charge in [-0.1, -0.05) is 13.8 Å². The Balaban J connectivity index is 2.74. The smallest absolute Gasteiger partial charge is 0.341 e. The Morgan fingerprint density at radius 2 is 1.82 bits per heavy atom. The molecule has 1 aliphatic carbocycles. The summed E-state index contributed by atoms with van der Waals surface area (Å²) in [4.78, 5) is 25.7. The maximum Gasteiger partial charge on any atom is 0.341 e. The van der Waals surface area contributed by atoms with Gasteiger partial charge in [-0.05, 0) is 42.7 Å². The summed E-state index contributed by atoms with van der Waals surface area (Å²) < 4.78 is 0. The van der Waals surface area contributed by atoms with Crippen LogP contribution in [0.15, 0.2) is 4.79 Å². The fraction of sp³-hybridized carbons (Fsp3) is 0.538. The number of aromatic nitrogens is 1. The largest absolute Gasteiger partial charge is 0.477 e. The Kier molecular flexibility index (Phi) is 3.05. The molecular formula is C13H17NO3.